The Labute approximate surface area is 109 Å². The van der Waals surface area contributed by atoms with E-state index in [0.717, 1.165) is 5.33 Å². The van der Waals surface area contributed by atoms with Crippen LogP contribution in [0.4, 0.5) is 0 Å². The molecule has 0 spiro atoms. The summed E-state index contributed by atoms with van der Waals surface area (Å²) < 4.78 is 1.25. The van der Waals surface area contributed by atoms with Gasteiger partial charge in [-0.15, -0.1) is 0 Å². The fourth-order valence-corrected chi connectivity index (χ4v) is 2.08. The predicted molar refractivity (Wildman–Crippen MR) is 75.8 cm³/mol. The molecule has 0 heterocycles. The topological polar surface area (TPSA) is 0 Å². The Morgan fingerprint density at radius 2 is 1.43 bits per heavy atom. The van der Waals surface area contributed by atoms with E-state index in [1.54, 1.807) is 0 Å². The highest BCUT2D eigenvalue weighted by atomic mass is 127. The average molecular weight is 367 g/mol. The minimum atomic E-state index is 1.10. The first-order valence-electron chi connectivity index (χ1n) is 5.06. The summed E-state index contributed by atoms with van der Waals surface area (Å²) in [6.07, 6.45) is 4.94. The fraction of sp³-hybridized carbons (Fsp3) is 0.500. The predicted octanol–water partition coefficient (Wildman–Crippen LogP) is 4.38. The van der Waals surface area contributed by atoms with Crippen molar-refractivity contribution in [2.45, 2.75) is 25.7 Å². The van der Waals surface area contributed by atoms with Gasteiger partial charge < -0.3 is 0 Å². The van der Waals surface area contributed by atoms with Crippen LogP contribution in [-0.4, -0.2) is 9.76 Å². The number of hydrogen-bond acceptors (Lipinski definition) is 0. The minimum absolute atomic E-state index is 1.10. The van der Waals surface area contributed by atoms with Crippen LogP contribution in [0.3, 0.4) is 0 Å². The molecule has 0 radical (unpaired) electrons. The second kappa shape index (κ2) is 7.69. The van der Waals surface area contributed by atoms with Gasteiger partial charge in [-0.05, 0) is 41.2 Å². The maximum absolute atomic E-state index is 3.45. The van der Waals surface area contributed by atoms with Gasteiger partial charge >= 0.3 is 0 Å². The highest BCUT2D eigenvalue weighted by Gasteiger charge is 1.94. The van der Waals surface area contributed by atoms with Crippen LogP contribution in [0.15, 0.2) is 24.3 Å². The molecule has 78 valence electrons. The molecule has 2 heteroatoms. The third-order valence-electron chi connectivity index (χ3n) is 2.22. The van der Waals surface area contributed by atoms with Crippen molar-refractivity contribution in [2.24, 2.45) is 0 Å². The molecule has 0 saturated carbocycles. The molecule has 0 N–H and O–H groups in total. The molecule has 1 aromatic rings. The molecule has 1 aromatic carbocycles. The first-order chi connectivity index (χ1) is 6.86. The zero-order valence-electron chi connectivity index (χ0n) is 8.31. The number of halogens is 2. The number of rotatable bonds is 6. The lowest BCUT2D eigenvalue weighted by molar-refractivity contribution is 0.923. The van der Waals surface area contributed by atoms with E-state index in [-0.39, 0.29) is 0 Å². The van der Waals surface area contributed by atoms with Crippen LogP contribution >= 0.6 is 38.5 Å². The van der Waals surface area contributed by atoms with Crippen LogP contribution in [0.25, 0.3) is 0 Å². The molecule has 0 saturated heterocycles. The van der Waals surface area contributed by atoms with Crippen LogP contribution in [0.1, 0.15) is 24.0 Å². The van der Waals surface area contributed by atoms with Crippen molar-refractivity contribution >= 4 is 38.5 Å². The molecule has 0 atom stereocenters. The lowest BCUT2D eigenvalue weighted by Crippen LogP contribution is -1.89. The summed E-state index contributed by atoms with van der Waals surface area (Å²) in [4.78, 5) is 0. The molecule has 0 aliphatic carbocycles. The molecule has 0 fully saturated rings. The van der Waals surface area contributed by atoms with E-state index in [1.165, 1.54) is 41.2 Å². The monoisotopic (exact) mass is 366 g/mol. The fourth-order valence-electron chi connectivity index (χ4n) is 1.41. The molecular formula is C12H16BrI. The van der Waals surface area contributed by atoms with E-state index in [9.17, 15) is 0 Å². The highest BCUT2D eigenvalue weighted by Crippen LogP contribution is 2.09. The second-order valence-corrected chi connectivity index (χ2v) is 5.27. The van der Waals surface area contributed by atoms with E-state index in [0.29, 0.717) is 0 Å². The largest absolute Gasteiger partial charge is 0.0928 e. The Bertz CT molecular complexity index is 216. The molecule has 0 amide bonds. The third kappa shape index (κ3) is 4.78. The number of benzene rings is 1. The first-order valence-corrected chi connectivity index (χ1v) is 7.71. The molecule has 14 heavy (non-hydrogen) atoms. The summed E-state index contributed by atoms with van der Waals surface area (Å²) in [7, 11) is 0. The van der Waals surface area contributed by atoms with E-state index >= 15 is 0 Å². The number of hydrogen-bond donors (Lipinski definition) is 0. The van der Waals surface area contributed by atoms with E-state index < -0.39 is 0 Å². The average Bonchev–Trinajstić information content (AvgIpc) is 2.25. The zero-order chi connectivity index (χ0) is 10.2. The van der Waals surface area contributed by atoms with Crippen molar-refractivity contribution in [3.63, 3.8) is 0 Å². The Balaban J connectivity index is 2.42. The van der Waals surface area contributed by atoms with E-state index in [2.05, 4.69) is 62.8 Å². The molecule has 0 aliphatic rings. The summed E-state index contributed by atoms with van der Waals surface area (Å²) >= 11 is 5.89. The summed E-state index contributed by atoms with van der Waals surface area (Å²) in [5.74, 6) is 0. The van der Waals surface area contributed by atoms with Crippen molar-refractivity contribution in [2.75, 3.05) is 9.76 Å². The Kier molecular flexibility index (Phi) is 6.86. The van der Waals surface area contributed by atoms with Crippen molar-refractivity contribution in [3.05, 3.63) is 35.4 Å². The molecule has 0 bridgehead atoms. The smallest absolute Gasteiger partial charge is 0.00344 e. The van der Waals surface area contributed by atoms with Gasteiger partial charge in [-0.25, -0.2) is 0 Å². The Morgan fingerprint density at radius 1 is 0.929 bits per heavy atom. The summed E-state index contributed by atoms with van der Waals surface area (Å²) in [5, 5.41) is 1.10. The SMILES string of the molecule is BrCCCc1ccc(CCCI)cc1. The summed E-state index contributed by atoms with van der Waals surface area (Å²) in [5.41, 5.74) is 2.94. The van der Waals surface area contributed by atoms with Crippen LogP contribution in [0.2, 0.25) is 0 Å². The van der Waals surface area contributed by atoms with Gasteiger partial charge in [0.25, 0.3) is 0 Å². The second-order valence-electron chi connectivity index (χ2n) is 3.40. The van der Waals surface area contributed by atoms with Crippen LogP contribution < -0.4 is 0 Å². The van der Waals surface area contributed by atoms with Gasteiger partial charge in [0, 0.05) is 5.33 Å². The first kappa shape index (κ1) is 12.5. The molecule has 0 nitrogen and oxygen atoms in total. The summed E-state index contributed by atoms with van der Waals surface area (Å²) in [6.45, 7) is 0. The molecule has 0 unspecified atom stereocenters. The highest BCUT2D eigenvalue weighted by molar-refractivity contribution is 14.1. The van der Waals surface area contributed by atoms with E-state index in [4.69, 9.17) is 0 Å². The maximum atomic E-state index is 3.45. The number of alkyl halides is 2. The molecular weight excluding hydrogens is 351 g/mol. The third-order valence-corrected chi connectivity index (χ3v) is 3.54. The zero-order valence-corrected chi connectivity index (χ0v) is 12.1. The van der Waals surface area contributed by atoms with Gasteiger partial charge in [-0.2, -0.15) is 0 Å². The van der Waals surface area contributed by atoms with Gasteiger partial charge in [-0.3, -0.25) is 0 Å². The van der Waals surface area contributed by atoms with Crippen molar-refractivity contribution in [1.82, 2.24) is 0 Å². The van der Waals surface area contributed by atoms with Gasteiger partial charge in [-0.1, -0.05) is 62.8 Å². The minimum Gasteiger partial charge on any atom is -0.0928 e. The Hall–Kier alpha value is 0.430. The van der Waals surface area contributed by atoms with E-state index in [1.807, 2.05) is 0 Å². The van der Waals surface area contributed by atoms with Gasteiger partial charge in [0.05, 0.1) is 0 Å². The van der Waals surface area contributed by atoms with Crippen LogP contribution in [-0.2, 0) is 12.8 Å². The lowest BCUT2D eigenvalue weighted by atomic mass is 10.1. The lowest BCUT2D eigenvalue weighted by Gasteiger charge is -2.02. The van der Waals surface area contributed by atoms with Crippen molar-refractivity contribution in [3.8, 4) is 0 Å². The maximum Gasteiger partial charge on any atom is 0.00344 e. The Morgan fingerprint density at radius 3 is 1.86 bits per heavy atom. The molecule has 0 aromatic heterocycles. The quantitative estimate of drug-likeness (QED) is 0.517. The standard InChI is InChI=1S/C12H16BrI/c13-9-1-3-11-5-7-12(8-6-11)4-2-10-14/h5-8H,1-4,9-10H2. The normalized spacial score (nSPS) is 10.4. The molecule has 0 aliphatic heterocycles. The molecule has 1 rings (SSSR count). The van der Waals surface area contributed by atoms with Crippen molar-refractivity contribution in [1.29, 1.82) is 0 Å². The summed E-state index contributed by atoms with van der Waals surface area (Å²) in [6, 6.07) is 9.09. The van der Waals surface area contributed by atoms with Gasteiger partial charge in [0.2, 0.25) is 0 Å². The van der Waals surface area contributed by atoms with Gasteiger partial charge in [0.15, 0.2) is 0 Å². The number of aryl methyl sites for hydroxylation is 2. The van der Waals surface area contributed by atoms with Crippen LogP contribution in [0.5, 0.6) is 0 Å². The van der Waals surface area contributed by atoms with Crippen LogP contribution in [0, 0.1) is 0 Å². The van der Waals surface area contributed by atoms with Gasteiger partial charge in [0.1, 0.15) is 0 Å². The van der Waals surface area contributed by atoms with Crippen molar-refractivity contribution < 1.29 is 0 Å².